The molecule has 0 radical (unpaired) electrons. The van der Waals surface area contributed by atoms with E-state index in [0.717, 1.165) is 24.3 Å². The highest BCUT2D eigenvalue weighted by atomic mass is 15.0. The van der Waals surface area contributed by atoms with Gasteiger partial charge in [-0.1, -0.05) is 13.8 Å². The fourth-order valence-corrected chi connectivity index (χ4v) is 2.03. The minimum absolute atomic E-state index is 0.0286. The van der Waals surface area contributed by atoms with Crippen molar-refractivity contribution >= 4 is 23.3 Å². The zero-order chi connectivity index (χ0) is 12.3. The van der Waals surface area contributed by atoms with Crippen LogP contribution in [-0.2, 0) is 0 Å². The Morgan fingerprint density at radius 3 is 1.75 bits per heavy atom. The molecule has 0 unspecified atom stereocenters. The summed E-state index contributed by atoms with van der Waals surface area (Å²) in [6, 6.07) is 0. The Hall–Kier alpha value is -1.72. The molecule has 1 saturated carbocycles. The van der Waals surface area contributed by atoms with E-state index in [9.17, 15) is 0 Å². The Bertz CT molecular complexity index is 343. The topological polar surface area (TPSA) is 124 Å². The van der Waals surface area contributed by atoms with Crippen LogP contribution in [0.2, 0.25) is 0 Å². The van der Waals surface area contributed by atoms with Gasteiger partial charge in [-0.15, -0.1) is 0 Å². The van der Waals surface area contributed by atoms with Crippen LogP contribution >= 0.6 is 0 Å². The second-order valence-electron chi connectivity index (χ2n) is 4.82. The zero-order valence-corrected chi connectivity index (χ0v) is 9.67. The molecule has 0 aromatic heterocycles. The lowest BCUT2D eigenvalue weighted by Gasteiger charge is -2.31. The van der Waals surface area contributed by atoms with Crippen LogP contribution in [0, 0.1) is 16.2 Å². The summed E-state index contributed by atoms with van der Waals surface area (Å²) in [5, 5.41) is 14.3. The summed E-state index contributed by atoms with van der Waals surface area (Å²) in [5.41, 5.74) is 12.2. The van der Waals surface area contributed by atoms with Crippen LogP contribution < -0.4 is 11.5 Å². The van der Waals surface area contributed by atoms with E-state index in [1.165, 1.54) is 0 Å². The van der Waals surface area contributed by atoms with Crippen molar-refractivity contribution in [2.75, 3.05) is 0 Å². The second-order valence-corrected chi connectivity index (χ2v) is 4.82. The predicted octanol–water partition coefficient (Wildman–Crippen LogP) is 0.865. The van der Waals surface area contributed by atoms with E-state index >= 15 is 0 Å². The van der Waals surface area contributed by atoms with Crippen LogP contribution in [0.4, 0.5) is 0 Å². The van der Waals surface area contributed by atoms with Crippen molar-refractivity contribution in [2.24, 2.45) is 26.9 Å². The summed E-state index contributed by atoms with van der Waals surface area (Å²) in [6.45, 7) is 4.19. The van der Waals surface area contributed by atoms with Crippen molar-refractivity contribution in [3.63, 3.8) is 0 Å². The molecule has 88 valence electrons. The van der Waals surface area contributed by atoms with Crippen molar-refractivity contribution in [2.45, 2.75) is 33.1 Å². The highest BCUT2D eigenvalue weighted by Gasteiger charge is 2.29. The molecule has 0 spiro atoms. The van der Waals surface area contributed by atoms with E-state index in [2.05, 4.69) is 23.8 Å². The minimum atomic E-state index is -0.185. The van der Waals surface area contributed by atoms with Gasteiger partial charge < -0.3 is 11.5 Å². The maximum Gasteiger partial charge on any atom is 0.212 e. The molecule has 0 aromatic carbocycles. The van der Waals surface area contributed by atoms with Gasteiger partial charge in [0.15, 0.2) is 0 Å². The third-order valence-corrected chi connectivity index (χ3v) is 2.33. The number of nitrogens with one attached hydrogen (secondary N) is 2. The number of nitrogens with two attached hydrogens (primary N) is 2. The van der Waals surface area contributed by atoms with E-state index in [1.54, 1.807) is 0 Å². The fourth-order valence-electron chi connectivity index (χ4n) is 2.03. The molecule has 0 saturated heterocycles. The fraction of sp³-hybridized carbons (Fsp3) is 0.600. The molecular formula is C10H18N6. The van der Waals surface area contributed by atoms with E-state index in [4.69, 9.17) is 22.3 Å². The summed E-state index contributed by atoms with van der Waals surface area (Å²) in [7, 11) is 0. The maximum atomic E-state index is 7.15. The van der Waals surface area contributed by atoms with Crippen molar-refractivity contribution in [1.29, 1.82) is 10.8 Å². The van der Waals surface area contributed by atoms with Crippen molar-refractivity contribution in [3.05, 3.63) is 0 Å². The lowest BCUT2D eigenvalue weighted by Crippen LogP contribution is -2.31. The summed E-state index contributed by atoms with van der Waals surface area (Å²) in [4.78, 5) is 7.95. The Morgan fingerprint density at radius 2 is 1.44 bits per heavy atom. The van der Waals surface area contributed by atoms with Gasteiger partial charge in [0.2, 0.25) is 11.9 Å². The summed E-state index contributed by atoms with van der Waals surface area (Å²) >= 11 is 0. The van der Waals surface area contributed by atoms with E-state index in [0.29, 0.717) is 6.42 Å². The molecule has 1 aliphatic rings. The molecule has 0 bridgehead atoms. The first-order valence-corrected chi connectivity index (χ1v) is 5.09. The number of aliphatic imine (C=N–C) groups is 2. The minimum Gasteiger partial charge on any atom is -0.368 e. The number of rotatable bonds is 0. The Morgan fingerprint density at radius 1 is 1.06 bits per heavy atom. The molecule has 6 N–H and O–H groups in total. The number of hydrogen-bond acceptors (Lipinski definition) is 2. The molecule has 6 heteroatoms. The Kier molecular flexibility index (Phi) is 3.41. The van der Waals surface area contributed by atoms with Gasteiger partial charge in [0.05, 0.1) is 0 Å². The quantitative estimate of drug-likeness (QED) is 0.358. The third kappa shape index (κ3) is 3.80. The lowest BCUT2D eigenvalue weighted by molar-refractivity contribution is 0.390. The first kappa shape index (κ1) is 12.4. The first-order chi connectivity index (χ1) is 7.28. The van der Waals surface area contributed by atoms with Crippen molar-refractivity contribution in [3.8, 4) is 0 Å². The normalized spacial score (nSPS) is 24.6. The van der Waals surface area contributed by atoms with Crippen molar-refractivity contribution in [1.82, 2.24) is 0 Å². The molecule has 1 aliphatic carbocycles. The Labute approximate surface area is 94.9 Å². The van der Waals surface area contributed by atoms with Gasteiger partial charge in [-0.05, 0) is 18.3 Å². The van der Waals surface area contributed by atoms with Crippen LogP contribution in [0.5, 0.6) is 0 Å². The number of nitrogens with zero attached hydrogens (tertiary/aromatic N) is 2. The first-order valence-electron chi connectivity index (χ1n) is 5.09. The molecule has 0 atom stereocenters. The van der Waals surface area contributed by atoms with E-state index < -0.39 is 0 Å². The van der Waals surface area contributed by atoms with Crippen LogP contribution in [0.15, 0.2) is 9.98 Å². The van der Waals surface area contributed by atoms with Crippen LogP contribution in [0.1, 0.15) is 33.1 Å². The smallest absolute Gasteiger partial charge is 0.212 e. The summed E-state index contributed by atoms with van der Waals surface area (Å²) in [5.74, 6) is -0.371. The molecule has 0 heterocycles. The molecule has 0 amide bonds. The molecule has 0 aromatic rings. The summed E-state index contributed by atoms with van der Waals surface area (Å²) in [6.07, 6.45) is 2.15. The number of guanidine groups is 2. The van der Waals surface area contributed by atoms with Gasteiger partial charge in [0.1, 0.15) is 0 Å². The van der Waals surface area contributed by atoms with Gasteiger partial charge >= 0.3 is 0 Å². The van der Waals surface area contributed by atoms with Gasteiger partial charge in [-0.3, -0.25) is 10.8 Å². The zero-order valence-electron chi connectivity index (χ0n) is 9.67. The molecule has 16 heavy (non-hydrogen) atoms. The maximum absolute atomic E-state index is 7.15. The molecule has 1 rings (SSSR count). The van der Waals surface area contributed by atoms with Gasteiger partial charge in [0.25, 0.3) is 0 Å². The van der Waals surface area contributed by atoms with Gasteiger partial charge in [0, 0.05) is 17.8 Å². The van der Waals surface area contributed by atoms with Crippen molar-refractivity contribution < 1.29 is 0 Å². The SMILES string of the molecule is CC1(C)CC(=NC(=N)N)CC(=NC(=N)N)C1. The molecule has 0 aliphatic heterocycles. The highest BCUT2D eigenvalue weighted by molar-refractivity contribution is 6.12. The van der Waals surface area contributed by atoms with Gasteiger partial charge in [-0.25, -0.2) is 9.98 Å². The highest BCUT2D eigenvalue weighted by Crippen LogP contribution is 2.32. The lowest BCUT2D eigenvalue weighted by atomic mass is 9.75. The largest absolute Gasteiger partial charge is 0.368 e. The predicted molar refractivity (Wildman–Crippen MR) is 66.3 cm³/mol. The van der Waals surface area contributed by atoms with E-state index in [1.807, 2.05) is 0 Å². The molecular weight excluding hydrogens is 204 g/mol. The van der Waals surface area contributed by atoms with Crippen LogP contribution in [0.3, 0.4) is 0 Å². The summed E-state index contributed by atoms with van der Waals surface area (Å²) < 4.78 is 0. The monoisotopic (exact) mass is 222 g/mol. The van der Waals surface area contributed by atoms with E-state index in [-0.39, 0.29) is 17.3 Å². The van der Waals surface area contributed by atoms with Gasteiger partial charge in [-0.2, -0.15) is 0 Å². The second kappa shape index (κ2) is 4.42. The molecule has 6 nitrogen and oxygen atoms in total. The molecule has 1 fully saturated rings. The standard InChI is InChI=1S/C10H18N6/c1-10(2)4-6(15-8(11)12)3-7(5-10)16-9(13)14/h3-5H2,1-2H3,(H3,11,12)(H3,13,14). The van der Waals surface area contributed by atoms with Crippen LogP contribution in [0.25, 0.3) is 0 Å². The third-order valence-electron chi connectivity index (χ3n) is 2.33. The number of hydrogen-bond donors (Lipinski definition) is 4. The average Bonchev–Trinajstić information content (AvgIpc) is 1.95. The average molecular weight is 222 g/mol. The Balaban J connectivity index is 2.94. The van der Waals surface area contributed by atoms with Crippen LogP contribution in [-0.4, -0.2) is 23.3 Å².